The van der Waals surface area contributed by atoms with Gasteiger partial charge in [0.25, 0.3) is 5.91 Å². The molecule has 1 saturated heterocycles. The quantitative estimate of drug-likeness (QED) is 0.835. The Morgan fingerprint density at radius 2 is 1.71 bits per heavy atom. The fraction of sp³-hybridized carbons (Fsp3) is 0.318. The summed E-state index contributed by atoms with van der Waals surface area (Å²) in [5, 5.41) is 12.1. The third-order valence-electron chi connectivity index (χ3n) is 5.02. The van der Waals surface area contributed by atoms with Crippen LogP contribution in [0.3, 0.4) is 0 Å². The lowest BCUT2D eigenvalue weighted by Gasteiger charge is -2.32. The number of carboxylic acids is 1. The van der Waals surface area contributed by atoms with Crippen LogP contribution in [0.1, 0.15) is 44.7 Å². The number of nitrogens with zero attached hydrogens (tertiary/aromatic N) is 1. The summed E-state index contributed by atoms with van der Waals surface area (Å²) in [7, 11) is 0. The molecular weight excluding hydrogens is 356 g/mol. The zero-order valence-corrected chi connectivity index (χ0v) is 15.9. The molecule has 0 aliphatic carbocycles. The predicted octanol–water partition coefficient (Wildman–Crippen LogP) is 2.66. The van der Waals surface area contributed by atoms with Crippen molar-refractivity contribution in [3.05, 3.63) is 70.8 Å². The van der Waals surface area contributed by atoms with Crippen LogP contribution < -0.4 is 5.32 Å². The molecule has 6 nitrogen and oxygen atoms in total. The monoisotopic (exact) mass is 380 g/mol. The molecule has 1 heterocycles. The van der Waals surface area contributed by atoms with Gasteiger partial charge in [-0.05, 0) is 37.5 Å². The minimum atomic E-state index is -1.12. The molecule has 2 N–H and O–H groups in total. The molecule has 3 rings (SSSR count). The Balaban J connectivity index is 1.53. The maximum atomic E-state index is 12.5. The molecular formula is C22H24N2O4. The highest BCUT2D eigenvalue weighted by Crippen LogP contribution is 2.15. The molecule has 2 amide bonds. The molecule has 28 heavy (non-hydrogen) atoms. The number of aryl methyl sites for hydroxylation is 1. The van der Waals surface area contributed by atoms with Gasteiger partial charge in [0.15, 0.2) is 0 Å². The van der Waals surface area contributed by atoms with E-state index in [1.165, 1.54) is 12.1 Å². The molecule has 1 fully saturated rings. The molecule has 2 aromatic carbocycles. The van der Waals surface area contributed by atoms with Crippen LogP contribution in [0.2, 0.25) is 0 Å². The topological polar surface area (TPSA) is 86.7 Å². The largest absolute Gasteiger partial charge is 0.478 e. The third-order valence-corrected chi connectivity index (χ3v) is 5.02. The summed E-state index contributed by atoms with van der Waals surface area (Å²) >= 11 is 0. The standard InChI is InChI=1S/C22H24N2O4/c1-15-5-4-6-16(13-15)14-20(25)24-11-9-17(10-12-24)23-21(26)18-7-2-3-8-19(18)22(27)28/h2-8,13,17H,9-12,14H2,1H3,(H,23,26)(H,27,28). The molecule has 0 radical (unpaired) electrons. The average Bonchev–Trinajstić information content (AvgIpc) is 2.68. The number of piperidine rings is 1. The number of hydrogen-bond acceptors (Lipinski definition) is 3. The van der Waals surface area contributed by atoms with Crippen LogP contribution >= 0.6 is 0 Å². The molecule has 0 bridgehead atoms. The fourth-order valence-corrected chi connectivity index (χ4v) is 3.51. The van der Waals surface area contributed by atoms with E-state index in [1.54, 1.807) is 12.1 Å². The lowest BCUT2D eigenvalue weighted by atomic mass is 10.0. The van der Waals surface area contributed by atoms with Crippen LogP contribution in [0, 0.1) is 6.92 Å². The molecule has 0 atom stereocenters. The molecule has 0 aromatic heterocycles. The zero-order chi connectivity index (χ0) is 20.1. The number of carbonyl (C=O) groups is 3. The lowest BCUT2D eigenvalue weighted by molar-refractivity contribution is -0.131. The highest BCUT2D eigenvalue weighted by Gasteiger charge is 2.25. The Labute approximate surface area is 164 Å². The number of amides is 2. The second kappa shape index (κ2) is 8.69. The number of carboxylic acid groups (broad SMARTS) is 1. The first-order chi connectivity index (χ1) is 13.4. The van der Waals surface area contributed by atoms with E-state index < -0.39 is 5.97 Å². The number of nitrogens with one attached hydrogen (secondary N) is 1. The van der Waals surface area contributed by atoms with Crippen molar-refractivity contribution in [2.45, 2.75) is 32.2 Å². The normalized spacial score (nSPS) is 14.5. The van der Waals surface area contributed by atoms with Gasteiger partial charge in [-0.3, -0.25) is 9.59 Å². The van der Waals surface area contributed by atoms with Gasteiger partial charge in [0, 0.05) is 19.1 Å². The fourth-order valence-electron chi connectivity index (χ4n) is 3.51. The van der Waals surface area contributed by atoms with Crippen molar-refractivity contribution in [3.63, 3.8) is 0 Å². The first-order valence-corrected chi connectivity index (χ1v) is 9.40. The molecule has 2 aromatic rings. The van der Waals surface area contributed by atoms with Gasteiger partial charge in [-0.15, -0.1) is 0 Å². The molecule has 0 unspecified atom stereocenters. The minimum Gasteiger partial charge on any atom is -0.478 e. The first kappa shape index (κ1) is 19.6. The molecule has 6 heteroatoms. The third kappa shape index (κ3) is 4.76. The number of aromatic carboxylic acids is 1. The van der Waals surface area contributed by atoms with Crippen LogP contribution in [0.5, 0.6) is 0 Å². The van der Waals surface area contributed by atoms with Crippen LogP contribution in [-0.4, -0.2) is 46.9 Å². The van der Waals surface area contributed by atoms with Gasteiger partial charge < -0.3 is 15.3 Å². The number of benzene rings is 2. The average molecular weight is 380 g/mol. The van der Waals surface area contributed by atoms with Gasteiger partial charge in [-0.1, -0.05) is 42.0 Å². The van der Waals surface area contributed by atoms with E-state index in [1.807, 2.05) is 36.1 Å². The highest BCUT2D eigenvalue weighted by atomic mass is 16.4. The molecule has 0 saturated carbocycles. The second-order valence-corrected chi connectivity index (χ2v) is 7.15. The van der Waals surface area contributed by atoms with Crippen molar-refractivity contribution in [2.24, 2.45) is 0 Å². The second-order valence-electron chi connectivity index (χ2n) is 7.15. The van der Waals surface area contributed by atoms with Crippen LogP contribution in [0.4, 0.5) is 0 Å². The van der Waals surface area contributed by atoms with Gasteiger partial charge in [0.2, 0.25) is 5.91 Å². The van der Waals surface area contributed by atoms with E-state index in [2.05, 4.69) is 5.32 Å². The molecule has 146 valence electrons. The maximum absolute atomic E-state index is 12.5. The first-order valence-electron chi connectivity index (χ1n) is 9.40. The van der Waals surface area contributed by atoms with Crippen molar-refractivity contribution >= 4 is 17.8 Å². The summed E-state index contributed by atoms with van der Waals surface area (Å²) in [6.45, 7) is 3.16. The Bertz CT molecular complexity index is 886. The summed E-state index contributed by atoms with van der Waals surface area (Å²) in [6.07, 6.45) is 1.69. The Hall–Kier alpha value is -3.15. The lowest BCUT2D eigenvalue weighted by Crippen LogP contribution is -2.47. The predicted molar refractivity (Wildman–Crippen MR) is 105 cm³/mol. The van der Waals surface area contributed by atoms with E-state index in [0.29, 0.717) is 32.4 Å². The summed E-state index contributed by atoms with van der Waals surface area (Å²) in [5.41, 5.74) is 2.29. The Morgan fingerprint density at radius 1 is 1.04 bits per heavy atom. The smallest absolute Gasteiger partial charge is 0.336 e. The van der Waals surface area contributed by atoms with Crippen LogP contribution in [0.25, 0.3) is 0 Å². The highest BCUT2D eigenvalue weighted by molar-refractivity contribution is 6.04. The summed E-state index contributed by atoms with van der Waals surface area (Å²) in [4.78, 5) is 38.1. The van der Waals surface area contributed by atoms with E-state index in [-0.39, 0.29) is 29.0 Å². The van der Waals surface area contributed by atoms with E-state index in [0.717, 1.165) is 11.1 Å². The molecule has 0 spiro atoms. The van der Waals surface area contributed by atoms with Gasteiger partial charge in [-0.2, -0.15) is 0 Å². The number of carbonyl (C=O) groups excluding carboxylic acids is 2. The summed E-state index contributed by atoms with van der Waals surface area (Å²) < 4.78 is 0. The van der Waals surface area contributed by atoms with Crippen molar-refractivity contribution in [1.82, 2.24) is 10.2 Å². The Morgan fingerprint density at radius 3 is 2.36 bits per heavy atom. The summed E-state index contributed by atoms with van der Waals surface area (Å²) in [6, 6.07) is 14.0. The Kier molecular flexibility index (Phi) is 6.09. The van der Waals surface area contributed by atoms with Crippen LogP contribution in [-0.2, 0) is 11.2 Å². The van der Waals surface area contributed by atoms with Gasteiger partial charge in [0.05, 0.1) is 17.5 Å². The van der Waals surface area contributed by atoms with Crippen molar-refractivity contribution in [1.29, 1.82) is 0 Å². The van der Waals surface area contributed by atoms with Crippen LogP contribution in [0.15, 0.2) is 48.5 Å². The molecule has 1 aliphatic rings. The number of rotatable bonds is 5. The van der Waals surface area contributed by atoms with E-state index in [4.69, 9.17) is 0 Å². The van der Waals surface area contributed by atoms with Crippen molar-refractivity contribution in [2.75, 3.05) is 13.1 Å². The van der Waals surface area contributed by atoms with Gasteiger partial charge in [-0.25, -0.2) is 4.79 Å². The number of likely N-dealkylation sites (tertiary alicyclic amines) is 1. The zero-order valence-electron chi connectivity index (χ0n) is 15.9. The van der Waals surface area contributed by atoms with Gasteiger partial charge in [0.1, 0.15) is 0 Å². The van der Waals surface area contributed by atoms with Crippen molar-refractivity contribution in [3.8, 4) is 0 Å². The van der Waals surface area contributed by atoms with Crippen molar-refractivity contribution < 1.29 is 19.5 Å². The number of hydrogen-bond donors (Lipinski definition) is 2. The van der Waals surface area contributed by atoms with E-state index >= 15 is 0 Å². The molecule has 1 aliphatic heterocycles. The minimum absolute atomic E-state index is 0.00855. The SMILES string of the molecule is Cc1cccc(CC(=O)N2CCC(NC(=O)c3ccccc3C(=O)O)CC2)c1. The van der Waals surface area contributed by atoms with E-state index in [9.17, 15) is 19.5 Å². The maximum Gasteiger partial charge on any atom is 0.336 e. The van der Waals surface area contributed by atoms with Gasteiger partial charge >= 0.3 is 5.97 Å². The summed E-state index contributed by atoms with van der Waals surface area (Å²) in [5.74, 6) is -1.42.